The molecule has 0 fully saturated rings. The average Bonchev–Trinajstić information content (AvgIpc) is 2.30. The first-order valence-corrected chi connectivity index (χ1v) is 8.28. The second-order valence-electron chi connectivity index (χ2n) is 5.24. The molecule has 0 heterocycles. The Hall–Kier alpha value is -0.420. The maximum Gasteiger partial charge on any atom is 0.218 e. The molecule has 19 heavy (non-hydrogen) atoms. The van der Waals surface area contributed by atoms with E-state index < -0.39 is 0 Å². The van der Waals surface area contributed by atoms with Crippen molar-refractivity contribution in [1.82, 2.24) is 0 Å². The van der Waals surface area contributed by atoms with Crippen molar-refractivity contribution < 1.29 is 8.83 Å². The largest absolute Gasteiger partial charge is 0.449 e. The molecule has 0 aliphatic carbocycles. The lowest BCUT2D eigenvalue weighted by molar-refractivity contribution is 0.533. The molecule has 0 bridgehead atoms. The zero-order valence-corrected chi connectivity index (χ0v) is 14.4. The fourth-order valence-corrected chi connectivity index (χ4v) is 3.53. The second kappa shape index (κ2) is 8.00. The van der Waals surface area contributed by atoms with Gasteiger partial charge in [0.2, 0.25) is 9.03 Å². The molecule has 0 spiro atoms. The fourth-order valence-electron chi connectivity index (χ4n) is 1.87. The Kier molecular flexibility index (Phi) is 7.00. The van der Waals surface area contributed by atoms with E-state index in [1.807, 2.05) is 6.07 Å². The van der Waals surface area contributed by atoms with Crippen LogP contribution in [0.2, 0.25) is 0 Å². The first-order valence-electron chi connectivity index (χ1n) is 6.47. The molecule has 1 aromatic rings. The van der Waals surface area contributed by atoms with Gasteiger partial charge in [-0.25, -0.2) is 0 Å². The van der Waals surface area contributed by atoms with Crippen molar-refractivity contribution in [3.8, 4) is 5.75 Å². The minimum absolute atomic E-state index is 0.0523. The highest BCUT2D eigenvalue weighted by molar-refractivity contribution is 7.44. The first kappa shape index (κ1) is 16.6. The molecule has 3 atom stereocenters. The van der Waals surface area contributed by atoms with Gasteiger partial charge in [0.25, 0.3) is 0 Å². The molecule has 106 valence electrons. The van der Waals surface area contributed by atoms with E-state index in [0.29, 0.717) is 20.4 Å². The number of allylic oxidation sites excluding steroid dienone is 1. The highest BCUT2D eigenvalue weighted by Gasteiger charge is 2.14. The van der Waals surface area contributed by atoms with Crippen LogP contribution in [0, 0.1) is 19.8 Å². The predicted molar refractivity (Wildman–Crippen MR) is 87.7 cm³/mol. The molecule has 0 aliphatic heterocycles. The van der Waals surface area contributed by atoms with Gasteiger partial charge in [0.1, 0.15) is 5.75 Å². The lowest BCUT2D eigenvalue weighted by Crippen LogP contribution is -2.10. The SMILES string of the molecule is C=C(C)C(POPOc1ccc(C)cc1C)C(C)C. The Morgan fingerprint density at radius 1 is 1.26 bits per heavy atom. The van der Waals surface area contributed by atoms with E-state index in [-0.39, 0.29) is 9.03 Å². The van der Waals surface area contributed by atoms with Crippen molar-refractivity contribution in [1.29, 1.82) is 0 Å². The van der Waals surface area contributed by atoms with Crippen LogP contribution in [0.3, 0.4) is 0 Å². The molecule has 1 rings (SSSR count). The Balaban J connectivity index is 2.40. The molecular formula is C15H24O2P2. The molecule has 1 aromatic carbocycles. The summed E-state index contributed by atoms with van der Waals surface area (Å²) in [5, 5.41) is 0. The lowest BCUT2D eigenvalue weighted by atomic mass is 10.1. The highest BCUT2D eigenvalue weighted by atomic mass is 31.2. The van der Waals surface area contributed by atoms with Crippen molar-refractivity contribution in [2.75, 3.05) is 0 Å². The van der Waals surface area contributed by atoms with E-state index in [4.69, 9.17) is 8.83 Å². The lowest BCUT2D eigenvalue weighted by Gasteiger charge is -2.20. The quantitative estimate of drug-likeness (QED) is 0.381. The molecule has 3 unspecified atom stereocenters. The van der Waals surface area contributed by atoms with Gasteiger partial charge in [-0.15, -0.1) is 0 Å². The van der Waals surface area contributed by atoms with E-state index in [1.54, 1.807) is 0 Å². The molecular weight excluding hydrogens is 274 g/mol. The molecule has 0 aliphatic rings. The molecule has 0 N–H and O–H groups in total. The van der Waals surface area contributed by atoms with Crippen LogP contribution < -0.4 is 4.52 Å². The Labute approximate surface area is 120 Å². The number of aryl methyl sites for hydroxylation is 2. The molecule has 2 nitrogen and oxygen atoms in total. The summed E-state index contributed by atoms with van der Waals surface area (Å²) in [7, 11) is 0.470. The molecule has 0 saturated carbocycles. The summed E-state index contributed by atoms with van der Waals surface area (Å²) in [6.45, 7) is 14.6. The van der Waals surface area contributed by atoms with E-state index in [0.717, 1.165) is 11.3 Å². The van der Waals surface area contributed by atoms with E-state index in [9.17, 15) is 0 Å². The van der Waals surface area contributed by atoms with Crippen molar-refractivity contribution in [3.05, 3.63) is 41.5 Å². The highest BCUT2D eigenvalue weighted by Crippen LogP contribution is 2.39. The summed E-state index contributed by atoms with van der Waals surface area (Å²) in [6.07, 6.45) is 0. The van der Waals surface area contributed by atoms with Gasteiger partial charge in [-0.1, -0.05) is 43.7 Å². The third-order valence-corrected chi connectivity index (χ3v) is 5.43. The van der Waals surface area contributed by atoms with Crippen LogP contribution in [0.15, 0.2) is 30.4 Å². The summed E-state index contributed by atoms with van der Waals surface area (Å²) < 4.78 is 11.4. The fraction of sp³-hybridized carbons (Fsp3) is 0.467. The maximum absolute atomic E-state index is 5.68. The van der Waals surface area contributed by atoms with Crippen LogP contribution in [0.4, 0.5) is 0 Å². The van der Waals surface area contributed by atoms with Crippen molar-refractivity contribution in [2.24, 2.45) is 5.92 Å². The van der Waals surface area contributed by atoms with Gasteiger partial charge in [0, 0.05) is 14.5 Å². The average molecular weight is 298 g/mol. The second-order valence-corrected chi connectivity index (χ2v) is 7.29. The number of rotatable bonds is 7. The number of hydrogen-bond acceptors (Lipinski definition) is 2. The van der Waals surface area contributed by atoms with Gasteiger partial charge in [0.05, 0.1) is 0 Å². The maximum atomic E-state index is 5.68. The molecule has 0 saturated heterocycles. The topological polar surface area (TPSA) is 18.5 Å². The molecule has 0 aromatic heterocycles. The van der Waals surface area contributed by atoms with Gasteiger partial charge in [-0.3, -0.25) is 0 Å². The van der Waals surface area contributed by atoms with Crippen molar-refractivity contribution in [2.45, 2.75) is 40.3 Å². The van der Waals surface area contributed by atoms with E-state index in [2.05, 4.69) is 53.3 Å². The zero-order chi connectivity index (χ0) is 14.4. The van der Waals surface area contributed by atoms with Crippen LogP contribution in [-0.4, -0.2) is 5.66 Å². The Bertz CT molecular complexity index is 430. The minimum Gasteiger partial charge on any atom is -0.449 e. The standard InChI is InChI=1S/C15H24O2P2/c1-10(2)15(11(3)4)18-17-19-16-14-8-7-12(5)9-13(14)6/h7-9,11,15,18-19H,1H2,2-6H3. The van der Waals surface area contributed by atoms with Gasteiger partial charge in [-0.2, -0.15) is 0 Å². The smallest absolute Gasteiger partial charge is 0.218 e. The summed E-state index contributed by atoms with van der Waals surface area (Å²) in [5.74, 6) is 1.46. The monoisotopic (exact) mass is 298 g/mol. The van der Waals surface area contributed by atoms with Gasteiger partial charge in [0.15, 0.2) is 0 Å². The molecule has 4 heteroatoms. The number of benzene rings is 1. The van der Waals surface area contributed by atoms with Gasteiger partial charge < -0.3 is 8.83 Å². The summed E-state index contributed by atoms with van der Waals surface area (Å²) >= 11 is 0. The van der Waals surface area contributed by atoms with E-state index >= 15 is 0 Å². The minimum atomic E-state index is 0.0523. The van der Waals surface area contributed by atoms with Crippen molar-refractivity contribution in [3.63, 3.8) is 0 Å². The third-order valence-electron chi connectivity index (χ3n) is 2.91. The molecule has 0 amide bonds. The van der Waals surface area contributed by atoms with Crippen LogP contribution in [0.25, 0.3) is 0 Å². The normalized spacial score (nSPS) is 13.8. The van der Waals surface area contributed by atoms with Crippen molar-refractivity contribution >= 4 is 17.8 Å². The van der Waals surface area contributed by atoms with Crippen LogP contribution in [-0.2, 0) is 4.31 Å². The Morgan fingerprint density at radius 3 is 2.47 bits per heavy atom. The van der Waals surface area contributed by atoms with Crippen LogP contribution in [0.5, 0.6) is 5.75 Å². The first-order chi connectivity index (χ1) is 8.91. The Morgan fingerprint density at radius 2 is 1.95 bits per heavy atom. The third kappa shape index (κ3) is 5.61. The summed E-state index contributed by atoms with van der Waals surface area (Å²) in [4.78, 5) is 0. The van der Waals surface area contributed by atoms with Gasteiger partial charge in [-0.05, 0) is 38.3 Å². The molecule has 0 radical (unpaired) electrons. The zero-order valence-electron chi connectivity index (χ0n) is 12.4. The summed E-state index contributed by atoms with van der Waals surface area (Å²) in [5.41, 5.74) is 4.01. The number of hydrogen-bond donors (Lipinski definition) is 0. The van der Waals surface area contributed by atoms with E-state index in [1.165, 1.54) is 11.1 Å². The van der Waals surface area contributed by atoms with Crippen LogP contribution in [0.1, 0.15) is 31.9 Å². The van der Waals surface area contributed by atoms with Gasteiger partial charge >= 0.3 is 0 Å². The predicted octanol–water partition coefficient (Wildman–Crippen LogP) is 5.40. The summed E-state index contributed by atoms with van der Waals surface area (Å²) in [6, 6.07) is 6.18. The van der Waals surface area contributed by atoms with Crippen LogP contribution >= 0.6 is 17.8 Å².